The van der Waals surface area contributed by atoms with Gasteiger partial charge in [0.05, 0.1) is 5.76 Å². The van der Waals surface area contributed by atoms with Gasteiger partial charge in [-0.3, -0.25) is 0 Å². The van der Waals surface area contributed by atoms with E-state index in [-0.39, 0.29) is 5.82 Å². The molecule has 0 bridgehead atoms. The van der Waals surface area contributed by atoms with Crippen molar-refractivity contribution in [3.8, 4) is 0 Å². The molecule has 0 aromatic heterocycles. The number of hydrogen-bond donors (Lipinski definition) is 0. The highest BCUT2D eigenvalue weighted by Crippen LogP contribution is 2.05. The van der Waals surface area contributed by atoms with Crippen LogP contribution < -0.4 is 0 Å². The summed E-state index contributed by atoms with van der Waals surface area (Å²) in [6.45, 7) is 9.83. The summed E-state index contributed by atoms with van der Waals surface area (Å²) in [6.07, 6.45) is 0. The summed E-state index contributed by atoms with van der Waals surface area (Å²) in [4.78, 5) is 0. The topological polar surface area (TPSA) is 9.23 Å². The van der Waals surface area contributed by atoms with E-state index in [2.05, 4.69) is 6.58 Å². The predicted octanol–water partition coefficient (Wildman–Crippen LogP) is 3.90. The van der Waals surface area contributed by atoms with Gasteiger partial charge in [-0.2, -0.15) is 0 Å². The zero-order valence-corrected chi connectivity index (χ0v) is 9.01. The highest BCUT2D eigenvalue weighted by atomic mass is 19.1. The van der Waals surface area contributed by atoms with Gasteiger partial charge < -0.3 is 4.74 Å². The van der Waals surface area contributed by atoms with Gasteiger partial charge in [0.15, 0.2) is 0 Å². The number of halogens is 1. The maximum atomic E-state index is 12.4. The first-order valence-corrected chi connectivity index (χ1v) is 4.71. The van der Waals surface area contributed by atoms with E-state index in [0.29, 0.717) is 12.4 Å². The highest BCUT2D eigenvalue weighted by molar-refractivity contribution is 5.15. The minimum absolute atomic E-state index is 0.228. The Morgan fingerprint density at radius 3 is 2.21 bits per heavy atom. The molecule has 1 aromatic rings. The summed E-state index contributed by atoms with van der Waals surface area (Å²) in [5, 5.41) is 0. The molecule has 1 nitrogen and oxygen atoms in total. The molecule has 1 aromatic carbocycles. The molecule has 0 saturated heterocycles. The molecule has 0 amide bonds. The van der Waals surface area contributed by atoms with E-state index in [1.807, 2.05) is 13.8 Å². The second kappa shape index (κ2) is 7.13. The third kappa shape index (κ3) is 5.36. The van der Waals surface area contributed by atoms with Gasteiger partial charge in [0.2, 0.25) is 0 Å². The largest absolute Gasteiger partial charge is 0.494 e. The fraction of sp³-hybridized carbons (Fsp3) is 0.333. The van der Waals surface area contributed by atoms with E-state index in [9.17, 15) is 4.39 Å². The number of hydrogen-bond acceptors (Lipinski definition) is 1. The molecule has 2 heteroatoms. The molecule has 0 atom stereocenters. The van der Waals surface area contributed by atoms with Crippen molar-refractivity contribution in [3.05, 3.63) is 48.0 Å². The molecule has 0 aliphatic heterocycles. The molecule has 0 saturated carbocycles. The lowest BCUT2D eigenvalue weighted by molar-refractivity contribution is 0.202. The smallest absolute Gasteiger partial charge is 0.123 e. The number of rotatable bonds is 3. The minimum Gasteiger partial charge on any atom is -0.494 e. The van der Waals surface area contributed by atoms with Gasteiger partial charge in [0.1, 0.15) is 12.4 Å². The number of ether oxygens (including phenoxy) is 1. The second-order valence-corrected chi connectivity index (χ2v) is 2.62. The van der Waals surface area contributed by atoms with Crippen LogP contribution in [0, 0.1) is 5.82 Å². The molecule has 0 radical (unpaired) electrons. The van der Waals surface area contributed by atoms with Crippen molar-refractivity contribution in [2.45, 2.75) is 27.4 Å². The Labute approximate surface area is 85.2 Å². The van der Waals surface area contributed by atoms with Crippen LogP contribution in [0.4, 0.5) is 4.39 Å². The third-order valence-electron chi connectivity index (χ3n) is 1.40. The highest BCUT2D eigenvalue weighted by Gasteiger charge is 1.93. The van der Waals surface area contributed by atoms with Crippen molar-refractivity contribution >= 4 is 0 Å². The van der Waals surface area contributed by atoms with Crippen molar-refractivity contribution in [2.24, 2.45) is 0 Å². The summed E-state index contributed by atoms with van der Waals surface area (Å²) in [7, 11) is 0. The fourth-order valence-electron chi connectivity index (χ4n) is 0.787. The zero-order chi connectivity index (χ0) is 11.0. The molecular weight excluding hydrogens is 179 g/mol. The molecule has 0 N–H and O–H groups in total. The maximum Gasteiger partial charge on any atom is 0.123 e. The zero-order valence-electron chi connectivity index (χ0n) is 9.01. The summed E-state index contributed by atoms with van der Waals surface area (Å²) >= 11 is 0. The van der Waals surface area contributed by atoms with Crippen LogP contribution in [0.15, 0.2) is 36.6 Å². The Morgan fingerprint density at radius 1 is 1.29 bits per heavy atom. The first-order chi connectivity index (χ1) is 6.68. The fourth-order valence-corrected chi connectivity index (χ4v) is 0.787. The van der Waals surface area contributed by atoms with Crippen molar-refractivity contribution in [1.82, 2.24) is 0 Å². The van der Waals surface area contributed by atoms with Crippen molar-refractivity contribution in [3.63, 3.8) is 0 Å². The van der Waals surface area contributed by atoms with Gasteiger partial charge in [-0.1, -0.05) is 32.6 Å². The van der Waals surface area contributed by atoms with Crippen molar-refractivity contribution < 1.29 is 9.13 Å². The molecule has 0 heterocycles. The monoisotopic (exact) mass is 196 g/mol. The molecule has 14 heavy (non-hydrogen) atoms. The van der Waals surface area contributed by atoms with E-state index < -0.39 is 0 Å². The molecule has 0 aliphatic carbocycles. The van der Waals surface area contributed by atoms with Crippen LogP contribution >= 0.6 is 0 Å². The first-order valence-electron chi connectivity index (χ1n) is 4.71. The normalized spacial score (nSPS) is 8.57. The molecule has 0 aliphatic rings. The van der Waals surface area contributed by atoms with Crippen molar-refractivity contribution in [2.75, 3.05) is 0 Å². The van der Waals surface area contributed by atoms with Crippen LogP contribution in [0.5, 0.6) is 0 Å². The molecular formula is C12H17FO. The second-order valence-electron chi connectivity index (χ2n) is 2.62. The Kier molecular flexibility index (Phi) is 6.46. The lowest BCUT2D eigenvalue weighted by Gasteiger charge is -2.03. The van der Waals surface area contributed by atoms with Crippen LogP contribution in [0.25, 0.3) is 0 Å². The third-order valence-corrected chi connectivity index (χ3v) is 1.40. The van der Waals surface area contributed by atoms with Crippen LogP contribution in [0.1, 0.15) is 26.3 Å². The molecule has 0 spiro atoms. The summed E-state index contributed by atoms with van der Waals surface area (Å²) in [5.41, 5.74) is 0.944. The lowest BCUT2D eigenvalue weighted by Crippen LogP contribution is -1.89. The summed E-state index contributed by atoms with van der Waals surface area (Å²) < 4.78 is 17.6. The molecule has 0 unspecified atom stereocenters. The van der Waals surface area contributed by atoms with Crippen LogP contribution in [-0.2, 0) is 11.3 Å². The Morgan fingerprint density at radius 2 is 1.79 bits per heavy atom. The van der Waals surface area contributed by atoms with Crippen LogP contribution in [0.2, 0.25) is 0 Å². The van der Waals surface area contributed by atoms with Gasteiger partial charge >= 0.3 is 0 Å². The van der Waals surface area contributed by atoms with E-state index in [4.69, 9.17) is 4.74 Å². The molecule has 0 fully saturated rings. The number of allylic oxidation sites excluding steroid dienone is 1. The van der Waals surface area contributed by atoms with Gasteiger partial charge in [-0.15, -0.1) is 0 Å². The van der Waals surface area contributed by atoms with E-state index in [1.54, 1.807) is 19.1 Å². The Bertz CT molecular complexity index is 264. The van der Waals surface area contributed by atoms with Gasteiger partial charge in [-0.05, 0) is 24.6 Å². The van der Waals surface area contributed by atoms with E-state index in [1.165, 1.54) is 12.1 Å². The van der Waals surface area contributed by atoms with E-state index >= 15 is 0 Å². The quantitative estimate of drug-likeness (QED) is 0.666. The minimum atomic E-state index is -0.228. The van der Waals surface area contributed by atoms with Crippen LogP contribution in [-0.4, -0.2) is 0 Å². The SMILES string of the molecule is C=C(C)OCc1ccc(F)cc1.CC. The van der Waals surface area contributed by atoms with Gasteiger partial charge in [0, 0.05) is 0 Å². The van der Waals surface area contributed by atoms with Crippen molar-refractivity contribution in [1.29, 1.82) is 0 Å². The standard InChI is InChI=1S/C10H11FO.C2H6/c1-8(2)12-7-9-3-5-10(11)6-4-9;1-2/h3-6H,1,7H2,2H3;1-2H3. The van der Waals surface area contributed by atoms with Crippen LogP contribution in [0.3, 0.4) is 0 Å². The van der Waals surface area contributed by atoms with Gasteiger partial charge in [0.25, 0.3) is 0 Å². The predicted molar refractivity (Wildman–Crippen MR) is 57.4 cm³/mol. The summed E-state index contributed by atoms with van der Waals surface area (Å²) in [5.74, 6) is 0.438. The first kappa shape index (κ1) is 12.7. The molecule has 1 rings (SSSR count). The maximum absolute atomic E-state index is 12.4. The van der Waals surface area contributed by atoms with Gasteiger partial charge in [-0.25, -0.2) is 4.39 Å². The average Bonchev–Trinajstić information content (AvgIpc) is 2.20. The lowest BCUT2D eigenvalue weighted by atomic mass is 10.2. The number of benzene rings is 1. The molecule has 78 valence electrons. The Balaban J connectivity index is 0.000000791. The van der Waals surface area contributed by atoms with E-state index in [0.717, 1.165) is 5.56 Å². The summed E-state index contributed by atoms with van der Waals surface area (Å²) in [6, 6.07) is 6.21. The Hall–Kier alpha value is -1.31. The average molecular weight is 196 g/mol.